The number of aryl methyl sites for hydroxylation is 1. The number of anilines is 4. The summed E-state index contributed by atoms with van der Waals surface area (Å²) in [5.41, 5.74) is 6.76. The zero-order valence-corrected chi connectivity index (χ0v) is 47.1. The number of hydrogen-bond acceptors (Lipinski definition) is 10. The van der Waals surface area contributed by atoms with Gasteiger partial charge in [-0.3, -0.25) is 29.0 Å². The number of benzene rings is 6. The molecule has 1 aromatic heterocycles. The molecule has 444 valence electrons. The first-order valence-electron chi connectivity index (χ1n) is 28.1. The van der Waals surface area contributed by atoms with Crippen LogP contribution in [0.3, 0.4) is 0 Å². The van der Waals surface area contributed by atoms with E-state index in [2.05, 4.69) is 54.9 Å². The Morgan fingerprint density at radius 1 is 0.651 bits per heavy atom. The molecule has 86 heavy (non-hydrogen) atoms. The zero-order valence-electron chi connectivity index (χ0n) is 47.1. The maximum absolute atomic E-state index is 13.8. The van der Waals surface area contributed by atoms with Crippen LogP contribution in [0.4, 0.5) is 45.5 Å². The van der Waals surface area contributed by atoms with Crippen molar-refractivity contribution in [2.24, 2.45) is 7.05 Å². The number of nitrogens with one attached hydrogen (secondary N) is 4. The number of aliphatic carboxylic acids is 2. The van der Waals surface area contributed by atoms with Crippen LogP contribution in [-0.4, -0.2) is 79.3 Å². The number of urea groups is 2. The number of carboxylic acids is 2. The Morgan fingerprint density at radius 2 is 1.21 bits per heavy atom. The number of allylic oxidation sites excluding steroid dienone is 2. The second-order valence-corrected chi connectivity index (χ2v) is 20.8. The Labute approximate surface area is 494 Å². The number of nitriles is 1. The van der Waals surface area contributed by atoms with Crippen LogP contribution in [0.2, 0.25) is 0 Å². The fraction of sp³-hybridized carbons (Fsp3) is 0.281. The number of carboxylic acid groups (broad SMARTS) is 2. The Balaban J connectivity index is 0.000000223. The van der Waals surface area contributed by atoms with E-state index in [0.717, 1.165) is 54.1 Å². The summed E-state index contributed by atoms with van der Waals surface area (Å²) in [6.45, 7) is 0.300. The van der Waals surface area contributed by atoms with Crippen molar-refractivity contribution in [3.05, 3.63) is 190 Å². The molecule has 9 rings (SSSR count). The summed E-state index contributed by atoms with van der Waals surface area (Å²) in [6, 6.07) is 39.4. The lowest BCUT2D eigenvalue weighted by Crippen LogP contribution is -2.34. The zero-order chi connectivity index (χ0) is 61.2. The summed E-state index contributed by atoms with van der Waals surface area (Å²) in [4.78, 5) is 77.8. The van der Waals surface area contributed by atoms with E-state index in [1.54, 1.807) is 78.7 Å². The molecular weight excluding hydrogens is 1110 g/mol. The number of nitrogens with zero attached hydrogens (tertiary/aromatic N) is 7. The Hall–Kier alpha value is -10.2. The van der Waals surface area contributed by atoms with E-state index in [4.69, 9.17) is 10.2 Å². The monoisotopic (exact) mass is 1170 g/mol. The third-order valence-electron chi connectivity index (χ3n) is 14.5. The molecule has 2 aliphatic rings. The summed E-state index contributed by atoms with van der Waals surface area (Å²) >= 11 is 0. The van der Waals surface area contributed by atoms with Crippen molar-refractivity contribution in [3.63, 3.8) is 0 Å². The van der Waals surface area contributed by atoms with Crippen LogP contribution in [0.15, 0.2) is 146 Å². The van der Waals surface area contributed by atoms with Crippen molar-refractivity contribution in [2.45, 2.75) is 95.8 Å². The molecule has 0 saturated heterocycles. The molecule has 0 radical (unpaired) electrons. The van der Waals surface area contributed by atoms with E-state index in [1.165, 1.54) is 71.1 Å². The third kappa shape index (κ3) is 17.7. The second-order valence-electron chi connectivity index (χ2n) is 20.8. The summed E-state index contributed by atoms with van der Waals surface area (Å²) < 4.78 is 40.3. The van der Waals surface area contributed by atoms with Crippen molar-refractivity contribution in [1.29, 1.82) is 5.26 Å². The first kappa shape index (κ1) is 61.9. The van der Waals surface area contributed by atoms with Crippen molar-refractivity contribution < 1.29 is 52.2 Å². The van der Waals surface area contributed by atoms with Gasteiger partial charge in [0.2, 0.25) is 5.82 Å². The molecule has 0 spiro atoms. The number of rotatable bonds is 19. The predicted molar refractivity (Wildman–Crippen MR) is 318 cm³/mol. The van der Waals surface area contributed by atoms with Crippen molar-refractivity contribution in [1.82, 2.24) is 30.8 Å². The molecule has 2 aliphatic carbocycles. The van der Waals surface area contributed by atoms with Gasteiger partial charge in [-0.1, -0.05) is 86.0 Å². The summed E-state index contributed by atoms with van der Waals surface area (Å²) in [5, 5.41) is 49.6. The summed E-state index contributed by atoms with van der Waals surface area (Å²) in [5.74, 6) is -1.80. The van der Waals surface area contributed by atoms with E-state index in [-0.39, 0.29) is 62.2 Å². The normalized spacial score (nSPS) is 13.1. The van der Waals surface area contributed by atoms with Crippen LogP contribution in [0.25, 0.3) is 17.0 Å². The molecule has 6 aromatic carbocycles. The largest absolute Gasteiger partial charge is 0.481 e. The Kier molecular flexibility index (Phi) is 21.1. The van der Waals surface area contributed by atoms with Crippen LogP contribution >= 0.6 is 0 Å². The maximum atomic E-state index is 13.8. The van der Waals surface area contributed by atoms with Crippen molar-refractivity contribution in [3.8, 4) is 17.5 Å². The van der Waals surface area contributed by atoms with E-state index in [0.29, 0.717) is 45.9 Å². The molecule has 1 fully saturated rings. The lowest BCUT2D eigenvalue weighted by atomic mass is 9.84. The lowest BCUT2D eigenvalue weighted by Gasteiger charge is -2.26. The van der Waals surface area contributed by atoms with E-state index in [1.807, 2.05) is 36.4 Å². The highest BCUT2D eigenvalue weighted by molar-refractivity contribution is 6.03. The molecule has 0 unspecified atom stereocenters. The van der Waals surface area contributed by atoms with Gasteiger partial charge < -0.3 is 31.5 Å². The highest BCUT2D eigenvalue weighted by atomic mass is 19.4. The Bertz CT molecular complexity index is 3600. The fourth-order valence-electron chi connectivity index (χ4n) is 9.98. The van der Waals surface area contributed by atoms with Crippen molar-refractivity contribution in [2.75, 3.05) is 33.5 Å². The van der Waals surface area contributed by atoms with Gasteiger partial charge in [0.15, 0.2) is 0 Å². The minimum atomic E-state index is -4.71. The van der Waals surface area contributed by atoms with Gasteiger partial charge in [-0.05, 0) is 156 Å². The minimum absolute atomic E-state index is 0.0128. The molecule has 6 amide bonds. The first-order valence-corrected chi connectivity index (χ1v) is 28.1. The summed E-state index contributed by atoms with van der Waals surface area (Å²) in [6.07, 6.45) is 7.48. The number of tetrazole rings is 1. The van der Waals surface area contributed by atoms with Crippen LogP contribution in [0, 0.1) is 11.3 Å². The fourth-order valence-corrected chi connectivity index (χ4v) is 9.98. The summed E-state index contributed by atoms with van der Waals surface area (Å²) in [7, 11) is 1.69. The highest BCUT2D eigenvalue weighted by Gasteiger charge is 2.32. The molecule has 22 heteroatoms. The van der Waals surface area contributed by atoms with Crippen LogP contribution in [0.1, 0.15) is 131 Å². The van der Waals surface area contributed by atoms with Gasteiger partial charge in [0.05, 0.1) is 50.2 Å². The average molecular weight is 1170 g/mol. The highest BCUT2D eigenvalue weighted by Crippen LogP contribution is 2.35. The number of carbonyl (C=O) groups is 6. The number of carbonyl (C=O) groups excluding carboxylic acids is 4. The smallest absolute Gasteiger partial charge is 0.416 e. The van der Waals surface area contributed by atoms with Gasteiger partial charge in [-0.25, -0.2) is 9.59 Å². The molecule has 0 bridgehead atoms. The van der Waals surface area contributed by atoms with Gasteiger partial charge in [0.1, 0.15) is 0 Å². The molecule has 0 atom stereocenters. The van der Waals surface area contributed by atoms with Gasteiger partial charge in [-0.15, -0.1) is 10.2 Å². The number of hydrogen-bond donors (Lipinski definition) is 6. The molecular formula is C64H64F3N11O8. The molecule has 1 heterocycles. The van der Waals surface area contributed by atoms with Gasteiger partial charge >= 0.3 is 30.2 Å². The number of aromatic nitrogens is 4. The minimum Gasteiger partial charge on any atom is -0.481 e. The predicted octanol–water partition coefficient (Wildman–Crippen LogP) is 12.3. The quantitative estimate of drug-likeness (QED) is 0.0442. The van der Waals surface area contributed by atoms with Crippen molar-refractivity contribution >= 4 is 64.1 Å². The van der Waals surface area contributed by atoms with Crippen LogP contribution in [0.5, 0.6) is 0 Å². The molecule has 7 aromatic rings. The first-order chi connectivity index (χ1) is 41.4. The maximum Gasteiger partial charge on any atom is 0.416 e. The standard InChI is InChI=1S/C32H29F3N4O4.C32H35N7O4/c33-32(34,35)26-16-22(19-36)17-27(18-26)38-31(43)39(28-12-10-24(11-13-28)23-4-2-1-3-5-23)20-21-6-8-25(9-7-21)30(42)37-15-14-29(40)41;1-38-36-30(35-37-38)26-8-5-9-27(20-26)34-32(43)39(28-16-14-24(15-17-28)23-6-3-2-4-7-23)21-22-10-12-25(13-11-22)31(42)33-19-18-29(40)41/h4,6-13,16-18H,1-3,5,14-15,20H2,(H,37,42)(H,38,43)(H,40,41);5,8-17,20,23H,2-4,6-7,18-19,21H2,1H3,(H,33,42)(H,34,43)(H,40,41). The number of halogens is 3. The van der Waals surface area contributed by atoms with Gasteiger partial charge in [-0.2, -0.15) is 23.2 Å². The molecule has 6 N–H and O–H groups in total. The Morgan fingerprint density at radius 3 is 1.71 bits per heavy atom. The molecule has 1 saturated carbocycles. The SMILES string of the molecule is Cn1nnc(-c2cccc(NC(=O)N(Cc3ccc(C(=O)NCCC(=O)O)cc3)c3ccc(C4CCCCC4)cc3)c2)n1.N#Cc1cc(NC(=O)N(Cc2ccc(C(=O)NCCC(=O)O)cc2)c2ccc(C3=CCCCC3)cc2)cc(C(F)(F)F)c1. The lowest BCUT2D eigenvalue weighted by molar-refractivity contribution is -0.138. The van der Waals surface area contributed by atoms with Crippen LogP contribution < -0.4 is 31.1 Å². The topological polar surface area (TPSA) is 265 Å². The van der Waals surface area contributed by atoms with E-state index in [9.17, 15) is 47.2 Å². The third-order valence-corrected chi connectivity index (χ3v) is 14.5. The average Bonchev–Trinajstić information content (AvgIpc) is 3.20. The van der Waals surface area contributed by atoms with Crippen LogP contribution in [-0.2, 0) is 35.9 Å². The van der Waals surface area contributed by atoms with E-state index >= 15 is 0 Å². The van der Waals surface area contributed by atoms with E-state index < -0.39 is 35.6 Å². The van der Waals surface area contributed by atoms with Gasteiger partial charge in [0.25, 0.3) is 11.8 Å². The van der Waals surface area contributed by atoms with Gasteiger partial charge in [0, 0.05) is 52.5 Å². The number of alkyl halides is 3. The second kappa shape index (κ2) is 29.4. The number of amides is 6. The molecule has 0 aliphatic heterocycles. The molecule has 19 nitrogen and oxygen atoms in total.